The molecule has 4 rings (SSSR count). The Hall–Kier alpha value is -3.35. The van der Waals surface area contributed by atoms with E-state index in [0.717, 1.165) is 18.4 Å². The highest BCUT2D eigenvalue weighted by atomic mass is 16.5. The minimum Gasteiger partial charge on any atom is -0.497 e. The molecule has 0 radical (unpaired) electrons. The standard InChI is InChI=1S/C27H32N2O5/c1-33-21-12-14-22(15-13-21)34-19-25(30)23-9-5-18-29(23)27(32)24-10-6-17-28(24)26(31)16-11-20-7-3-2-4-8-20/h2-4,7-8,12-15,23-24H,5-6,9-11,16-19H2,1H3/t23-,24+/m0/s1. The highest BCUT2D eigenvalue weighted by Gasteiger charge is 2.41. The van der Waals surface area contributed by atoms with Crippen molar-refractivity contribution >= 4 is 17.6 Å². The van der Waals surface area contributed by atoms with Crippen LogP contribution in [0.1, 0.15) is 37.7 Å². The monoisotopic (exact) mass is 464 g/mol. The quantitative estimate of drug-likeness (QED) is 0.569. The van der Waals surface area contributed by atoms with Crippen LogP contribution >= 0.6 is 0 Å². The van der Waals surface area contributed by atoms with E-state index in [0.29, 0.717) is 50.3 Å². The molecule has 2 saturated heterocycles. The van der Waals surface area contributed by atoms with E-state index in [-0.39, 0.29) is 24.2 Å². The van der Waals surface area contributed by atoms with Gasteiger partial charge in [0, 0.05) is 19.5 Å². The molecule has 0 bridgehead atoms. The van der Waals surface area contributed by atoms with Crippen molar-refractivity contribution in [3.05, 3.63) is 60.2 Å². The van der Waals surface area contributed by atoms with Crippen LogP contribution in [0.3, 0.4) is 0 Å². The smallest absolute Gasteiger partial charge is 0.245 e. The summed E-state index contributed by atoms with van der Waals surface area (Å²) in [5, 5.41) is 0. The summed E-state index contributed by atoms with van der Waals surface area (Å²) >= 11 is 0. The molecule has 0 saturated carbocycles. The molecule has 0 spiro atoms. The number of benzene rings is 2. The Bertz CT molecular complexity index is 992. The van der Waals surface area contributed by atoms with Crippen molar-refractivity contribution in [1.29, 1.82) is 0 Å². The minimum absolute atomic E-state index is 0.00427. The Kier molecular flexibility index (Phi) is 7.83. The van der Waals surface area contributed by atoms with E-state index in [2.05, 4.69) is 0 Å². The van der Waals surface area contributed by atoms with Crippen molar-refractivity contribution in [3.8, 4) is 11.5 Å². The summed E-state index contributed by atoms with van der Waals surface area (Å²) < 4.78 is 10.8. The number of likely N-dealkylation sites (tertiary alicyclic amines) is 2. The zero-order valence-corrected chi connectivity index (χ0v) is 19.7. The lowest BCUT2D eigenvalue weighted by molar-refractivity contribution is -0.146. The first-order valence-electron chi connectivity index (χ1n) is 12.0. The molecule has 2 fully saturated rings. The molecule has 0 N–H and O–H groups in total. The minimum atomic E-state index is -0.493. The van der Waals surface area contributed by atoms with Gasteiger partial charge < -0.3 is 19.3 Å². The van der Waals surface area contributed by atoms with E-state index in [4.69, 9.17) is 9.47 Å². The number of nitrogens with zero attached hydrogens (tertiary/aromatic N) is 2. The van der Waals surface area contributed by atoms with E-state index in [9.17, 15) is 14.4 Å². The van der Waals surface area contributed by atoms with Crippen molar-refractivity contribution in [2.45, 2.75) is 50.6 Å². The van der Waals surface area contributed by atoms with Crippen molar-refractivity contribution in [2.24, 2.45) is 0 Å². The van der Waals surface area contributed by atoms with E-state index in [1.54, 1.807) is 41.2 Å². The van der Waals surface area contributed by atoms with E-state index in [1.165, 1.54) is 0 Å². The zero-order valence-electron chi connectivity index (χ0n) is 19.7. The number of hydrogen-bond acceptors (Lipinski definition) is 5. The number of carbonyl (C=O) groups excluding carboxylic acids is 3. The van der Waals surface area contributed by atoms with Crippen LogP contribution in [-0.2, 0) is 20.8 Å². The van der Waals surface area contributed by atoms with Gasteiger partial charge in [0.2, 0.25) is 11.8 Å². The third-order valence-electron chi connectivity index (χ3n) is 6.68. The summed E-state index contributed by atoms with van der Waals surface area (Å²) in [6.07, 6.45) is 3.90. The average Bonchev–Trinajstić information content (AvgIpc) is 3.57. The maximum atomic E-state index is 13.4. The fraction of sp³-hybridized carbons (Fsp3) is 0.444. The van der Waals surface area contributed by atoms with Crippen LogP contribution in [0, 0.1) is 0 Å². The van der Waals surface area contributed by atoms with Gasteiger partial charge in [-0.1, -0.05) is 30.3 Å². The van der Waals surface area contributed by atoms with Gasteiger partial charge in [0.15, 0.2) is 5.78 Å². The van der Waals surface area contributed by atoms with Crippen molar-refractivity contribution < 1.29 is 23.9 Å². The van der Waals surface area contributed by atoms with E-state index >= 15 is 0 Å². The predicted octanol–water partition coefficient (Wildman–Crippen LogP) is 3.26. The summed E-state index contributed by atoms with van der Waals surface area (Å²) in [5.74, 6) is 1.08. The largest absolute Gasteiger partial charge is 0.497 e. The molecular formula is C27H32N2O5. The number of ether oxygens (including phenoxy) is 2. The van der Waals surface area contributed by atoms with Gasteiger partial charge in [0.05, 0.1) is 13.2 Å². The van der Waals surface area contributed by atoms with Gasteiger partial charge in [-0.25, -0.2) is 0 Å². The van der Waals surface area contributed by atoms with Crippen LogP contribution in [0.15, 0.2) is 54.6 Å². The molecule has 34 heavy (non-hydrogen) atoms. The highest BCUT2D eigenvalue weighted by molar-refractivity contribution is 5.94. The van der Waals surface area contributed by atoms with E-state index < -0.39 is 12.1 Å². The maximum absolute atomic E-state index is 13.4. The second kappa shape index (κ2) is 11.2. The Balaban J connectivity index is 1.33. The molecule has 2 aromatic carbocycles. The van der Waals surface area contributed by atoms with Crippen molar-refractivity contribution in [1.82, 2.24) is 9.80 Å². The molecule has 180 valence electrons. The number of hydrogen-bond donors (Lipinski definition) is 0. The fourth-order valence-corrected chi connectivity index (χ4v) is 4.84. The molecule has 0 aromatic heterocycles. The number of methoxy groups -OCH3 is 1. The van der Waals surface area contributed by atoms with Gasteiger partial charge in [0.1, 0.15) is 24.1 Å². The Morgan fingerprint density at radius 2 is 1.50 bits per heavy atom. The number of amides is 2. The number of rotatable bonds is 9. The maximum Gasteiger partial charge on any atom is 0.245 e. The Morgan fingerprint density at radius 3 is 2.21 bits per heavy atom. The Labute approximate surface area is 200 Å². The molecular weight excluding hydrogens is 432 g/mol. The van der Waals surface area contributed by atoms with Crippen molar-refractivity contribution in [3.63, 3.8) is 0 Å². The molecule has 0 unspecified atom stereocenters. The predicted molar refractivity (Wildman–Crippen MR) is 128 cm³/mol. The number of carbonyl (C=O) groups is 3. The van der Waals surface area contributed by atoms with E-state index in [1.807, 2.05) is 30.3 Å². The van der Waals surface area contributed by atoms with Crippen LogP contribution in [-0.4, -0.2) is 66.3 Å². The van der Waals surface area contributed by atoms with Gasteiger partial charge in [-0.05, 0) is 61.9 Å². The average molecular weight is 465 g/mol. The molecule has 2 aromatic rings. The second-order valence-corrected chi connectivity index (χ2v) is 8.85. The number of aryl methyl sites for hydroxylation is 1. The summed E-state index contributed by atoms with van der Waals surface area (Å²) in [6, 6.07) is 16.0. The Morgan fingerprint density at radius 1 is 0.853 bits per heavy atom. The molecule has 2 aliphatic rings. The molecule has 2 heterocycles. The lowest BCUT2D eigenvalue weighted by atomic mass is 10.1. The zero-order chi connectivity index (χ0) is 23.9. The van der Waals surface area contributed by atoms with Crippen LogP contribution in [0.5, 0.6) is 11.5 Å². The van der Waals surface area contributed by atoms with Crippen molar-refractivity contribution in [2.75, 3.05) is 26.8 Å². The third kappa shape index (κ3) is 5.58. The van der Waals surface area contributed by atoms with Gasteiger partial charge >= 0.3 is 0 Å². The molecule has 0 aliphatic carbocycles. The first-order chi connectivity index (χ1) is 16.6. The SMILES string of the molecule is COc1ccc(OCC(=O)[C@@H]2CCCN2C(=O)[C@H]2CCCN2C(=O)CCc2ccccc2)cc1. The first-order valence-corrected chi connectivity index (χ1v) is 12.0. The molecule has 2 atom stereocenters. The second-order valence-electron chi connectivity index (χ2n) is 8.85. The molecule has 7 nitrogen and oxygen atoms in total. The topological polar surface area (TPSA) is 76.2 Å². The fourth-order valence-electron chi connectivity index (χ4n) is 4.84. The molecule has 2 amide bonds. The highest BCUT2D eigenvalue weighted by Crippen LogP contribution is 2.26. The first kappa shape index (κ1) is 23.8. The van der Waals surface area contributed by atoms with Gasteiger partial charge in [0.25, 0.3) is 0 Å². The number of ketones is 1. The van der Waals surface area contributed by atoms with Gasteiger partial charge in [-0.3, -0.25) is 14.4 Å². The summed E-state index contributed by atoms with van der Waals surface area (Å²) in [6.45, 7) is 1.04. The van der Waals surface area contributed by atoms with Crippen LogP contribution in [0.4, 0.5) is 0 Å². The normalized spacial score (nSPS) is 19.8. The summed E-state index contributed by atoms with van der Waals surface area (Å²) in [4.78, 5) is 42.7. The summed E-state index contributed by atoms with van der Waals surface area (Å²) in [5.41, 5.74) is 1.11. The van der Waals surface area contributed by atoms with Crippen LogP contribution < -0.4 is 9.47 Å². The molecule has 7 heteroatoms. The number of Topliss-reactive ketones (excluding diaryl/α,β-unsaturated/α-hetero) is 1. The third-order valence-corrected chi connectivity index (χ3v) is 6.68. The van der Waals surface area contributed by atoms with Crippen LogP contribution in [0.25, 0.3) is 0 Å². The van der Waals surface area contributed by atoms with Crippen LogP contribution in [0.2, 0.25) is 0 Å². The lowest BCUT2D eigenvalue weighted by Crippen LogP contribution is -2.51. The molecule has 2 aliphatic heterocycles. The van der Waals surface area contributed by atoms with Gasteiger partial charge in [-0.2, -0.15) is 0 Å². The van der Waals surface area contributed by atoms with Gasteiger partial charge in [-0.15, -0.1) is 0 Å². The lowest BCUT2D eigenvalue weighted by Gasteiger charge is -2.31. The summed E-state index contributed by atoms with van der Waals surface area (Å²) in [7, 11) is 1.59.